The smallest absolute Gasteiger partial charge is 0.0512 e. The van der Waals surface area contributed by atoms with E-state index in [1.54, 1.807) is 19.1 Å². The number of rotatable bonds is 6. The van der Waals surface area contributed by atoms with Crippen LogP contribution in [0.25, 0.3) is 0 Å². The van der Waals surface area contributed by atoms with Crippen molar-refractivity contribution in [3.8, 4) is 0 Å². The molecule has 0 radical (unpaired) electrons. The standard InChI is InChI=1S/C12H17Cl2NO/c1-9(16)3-2-6-15-8-10-7-11(13)4-5-12(10)14/h4-5,7,9,15-16H,2-3,6,8H2,1H3. The van der Waals surface area contributed by atoms with Crippen molar-refractivity contribution in [2.24, 2.45) is 0 Å². The molecule has 0 saturated carbocycles. The van der Waals surface area contributed by atoms with E-state index in [2.05, 4.69) is 5.32 Å². The van der Waals surface area contributed by atoms with Crippen LogP contribution >= 0.6 is 23.2 Å². The first-order valence-electron chi connectivity index (χ1n) is 5.42. The fourth-order valence-corrected chi connectivity index (χ4v) is 1.80. The molecule has 0 fully saturated rings. The zero-order valence-corrected chi connectivity index (χ0v) is 10.9. The van der Waals surface area contributed by atoms with Crippen LogP contribution in [0.2, 0.25) is 10.0 Å². The maximum absolute atomic E-state index is 9.08. The summed E-state index contributed by atoms with van der Waals surface area (Å²) in [5.41, 5.74) is 1.01. The molecule has 2 nitrogen and oxygen atoms in total. The normalized spacial score (nSPS) is 12.8. The van der Waals surface area contributed by atoms with Gasteiger partial charge in [-0.3, -0.25) is 0 Å². The van der Waals surface area contributed by atoms with Gasteiger partial charge < -0.3 is 10.4 Å². The highest BCUT2D eigenvalue weighted by Gasteiger charge is 2.01. The third-order valence-electron chi connectivity index (χ3n) is 2.30. The molecule has 1 rings (SSSR count). The van der Waals surface area contributed by atoms with E-state index >= 15 is 0 Å². The lowest BCUT2D eigenvalue weighted by Gasteiger charge is -2.08. The Morgan fingerprint density at radius 3 is 2.81 bits per heavy atom. The van der Waals surface area contributed by atoms with Gasteiger partial charge in [-0.25, -0.2) is 0 Å². The van der Waals surface area contributed by atoms with E-state index in [1.807, 2.05) is 6.07 Å². The number of aliphatic hydroxyl groups excluding tert-OH is 1. The van der Waals surface area contributed by atoms with Crippen molar-refractivity contribution in [1.29, 1.82) is 0 Å². The van der Waals surface area contributed by atoms with Gasteiger partial charge in [-0.05, 0) is 50.1 Å². The van der Waals surface area contributed by atoms with Crippen LogP contribution < -0.4 is 5.32 Å². The Labute approximate surface area is 107 Å². The zero-order chi connectivity index (χ0) is 12.0. The van der Waals surface area contributed by atoms with E-state index in [-0.39, 0.29) is 6.10 Å². The molecule has 1 unspecified atom stereocenters. The lowest BCUT2D eigenvalue weighted by atomic mass is 10.2. The molecule has 0 spiro atoms. The Bertz CT molecular complexity index is 329. The monoisotopic (exact) mass is 261 g/mol. The summed E-state index contributed by atoms with van der Waals surface area (Å²) >= 11 is 11.9. The summed E-state index contributed by atoms with van der Waals surface area (Å²) in [5, 5.41) is 13.8. The molecule has 4 heteroatoms. The molecular weight excluding hydrogens is 245 g/mol. The molecule has 0 bridgehead atoms. The predicted octanol–water partition coefficient (Wildman–Crippen LogP) is 3.24. The van der Waals surface area contributed by atoms with E-state index in [0.29, 0.717) is 11.6 Å². The number of hydrogen-bond donors (Lipinski definition) is 2. The number of nitrogens with one attached hydrogen (secondary N) is 1. The summed E-state index contributed by atoms with van der Waals surface area (Å²) in [6.07, 6.45) is 1.54. The molecule has 0 amide bonds. The summed E-state index contributed by atoms with van der Waals surface area (Å²) < 4.78 is 0. The average molecular weight is 262 g/mol. The Kier molecular flexibility index (Phi) is 6.14. The lowest BCUT2D eigenvalue weighted by Crippen LogP contribution is -2.16. The molecule has 0 aliphatic heterocycles. The average Bonchev–Trinajstić information content (AvgIpc) is 2.22. The minimum atomic E-state index is -0.225. The highest BCUT2D eigenvalue weighted by molar-refractivity contribution is 6.33. The van der Waals surface area contributed by atoms with Gasteiger partial charge in [0.1, 0.15) is 0 Å². The summed E-state index contributed by atoms with van der Waals surface area (Å²) in [7, 11) is 0. The maximum Gasteiger partial charge on any atom is 0.0512 e. The Hall–Kier alpha value is -0.280. The maximum atomic E-state index is 9.08. The number of aliphatic hydroxyl groups is 1. The first-order chi connectivity index (χ1) is 7.59. The second kappa shape index (κ2) is 7.13. The van der Waals surface area contributed by atoms with Crippen molar-refractivity contribution in [3.05, 3.63) is 33.8 Å². The van der Waals surface area contributed by atoms with Crippen molar-refractivity contribution in [1.82, 2.24) is 5.32 Å². The van der Waals surface area contributed by atoms with Gasteiger partial charge in [0.2, 0.25) is 0 Å². The van der Waals surface area contributed by atoms with Crippen LogP contribution in [-0.2, 0) is 6.54 Å². The molecule has 0 aliphatic rings. The highest BCUT2D eigenvalue weighted by Crippen LogP contribution is 2.20. The number of hydrogen-bond acceptors (Lipinski definition) is 2. The third-order valence-corrected chi connectivity index (χ3v) is 2.90. The SMILES string of the molecule is CC(O)CCCNCc1cc(Cl)ccc1Cl. The highest BCUT2D eigenvalue weighted by atomic mass is 35.5. The molecule has 0 saturated heterocycles. The molecule has 1 aromatic carbocycles. The summed E-state index contributed by atoms with van der Waals surface area (Å²) in [6, 6.07) is 5.45. The van der Waals surface area contributed by atoms with Crippen LogP contribution in [-0.4, -0.2) is 17.8 Å². The molecule has 1 atom stereocenters. The van der Waals surface area contributed by atoms with E-state index in [0.717, 1.165) is 30.0 Å². The van der Waals surface area contributed by atoms with E-state index in [9.17, 15) is 0 Å². The topological polar surface area (TPSA) is 32.3 Å². The van der Waals surface area contributed by atoms with Crippen LogP contribution in [0.5, 0.6) is 0 Å². The molecule has 0 aromatic heterocycles. The third kappa shape index (κ3) is 5.17. The van der Waals surface area contributed by atoms with Crippen LogP contribution in [0.1, 0.15) is 25.3 Å². The first kappa shape index (κ1) is 13.8. The van der Waals surface area contributed by atoms with Crippen LogP contribution in [0.4, 0.5) is 0 Å². The molecule has 2 N–H and O–H groups in total. The summed E-state index contributed by atoms with van der Waals surface area (Å²) in [6.45, 7) is 3.38. The van der Waals surface area contributed by atoms with Gasteiger partial charge in [0, 0.05) is 16.6 Å². The second-order valence-electron chi connectivity index (χ2n) is 3.90. The Balaban J connectivity index is 2.29. The van der Waals surface area contributed by atoms with Crippen molar-refractivity contribution >= 4 is 23.2 Å². The molecule has 16 heavy (non-hydrogen) atoms. The largest absolute Gasteiger partial charge is 0.393 e. The Morgan fingerprint density at radius 1 is 1.38 bits per heavy atom. The van der Waals surface area contributed by atoms with Gasteiger partial charge in [0.25, 0.3) is 0 Å². The summed E-state index contributed by atoms with van der Waals surface area (Å²) in [4.78, 5) is 0. The van der Waals surface area contributed by atoms with Crippen molar-refractivity contribution in [2.75, 3.05) is 6.54 Å². The van der Waals surface area contributed by atoms with Gasteiger partial charge in [0.15, 0.2) is 0 Å². The number of halogens is 2. The fraction of sp³-hybridized carbons (Fsp3) is 0.500. The Morgan fingerprint density at radius 2 is 2.12 bits per heavy atom. The van der Waals surface area contributed by atoms with Gasteiger partial charge in [0.05, 0.1) is 6.10 Å². The van der Waals surface area contributed by atoms with Gasteiger partial charge in [-0.2, -0.15) is 0 Å². The summed E-state index contributed by atoms with van der Waals surface area (Å²) in [5.74, 6) is 0. The van der Waals surface area contributed by atoms with Crippen LogP contribution in [0.3, 0.4) is 0 Å². The van der Waals surface area contributed by atoms with E-state index in [4.69, 9.17) is 28.3 Å². The predicted molar refractivity (Wildman–Crippen MR) is 69.1 cm³/mol. The zero-order valence-electron chi connectivity index (χ0n) is 9.34. The fourth-order valence-electron chi connectivity index (χ4n) is 1.42. The first-order valence-corrected chi connectivity index (χ1v) is 6.18. The second-order valence-corrected chi connectivity index (χ2v) is 4.75. The van der Waals surface area contributed by atoms with Crippen molar-refractivity contribution in [2.45, 2.75) is 32.4 Å². The van der Waals surface area contributed by atoms with Crippen LogP contribution in [0, 0.1) is 0 Å². The lowest BCUT2D eigenvalue weighted by molar-refractivity contribution is 0.181. The molecule has 0 aliphatic carbocycles. The minimum Gasteiger partial charge on any atom is -0.393 e. The van der Waals surface area contributed by atoms with E-state index < -0.39 is 0 Å². The molecular formula is C12H17Cl2NO. The van der Waals surface area contributed by atoms with Gasteiger partial charge >= 0.3 is 0 Å². The minimum absolute atomic E-state index is 0.225. The molecule has 0 heterocycles. The van der Waals surface area contributed by atoms with E-state index in [1.165, 1.54) is 0 Å². The number of benzene rings is 1. The molecule has 1 aromatic rings. The van der Waals surface area contributed by atoms with Gasteiger partial charge in [-0.15, -0.1) is 0 Å². The molecule has 90 valence electrons. The van der Waals surface area contributed by atoms with Crippen molar-refractivity contribution in [3.63, 3.8) is 0 Å². The quantitative estimate of drug-likeness (QED) is 0.771. The van der Waals surface area contributed by atoms with Crippen molar-refractivity contribution < 1.29 is 5.11 Å². The van der Waals surface area contributed by atoms with Crippen LogP contribution in [0.15, 0.2) is 18.2 Å². The van der Waals surface area contributed by atoms with Gasteiger partial charge in [-0.1, -0.05) is 23.2 Å².